The van der Waals surface area contributed by atoms with Crippen LogP contribution in [-0.4, -0.2) is 11.8 Å². The van der Waals surface area contributed by atoms with E-state index in [1.807, 2.05) is 30.3 Å². The summed E-state index contributed by atoms with van der Waals surface area (Å²) in [6.45, 7) is 1.27. The molecule has 0 unspecified atom stereocenters. The van der Waals surface area contributed by atoms with E-state index in [1.165, 1.54) is 6.92 Å². The van der Waals surface area contributed by atoms with Gasteiger partial charge in [0.15, 0.2) is 0 Å². The molecule has 0 heterocycles. The minimum absolute atomic E-state index is 0.195. The van der Waals surface area contributed by atoms with Crippen LogP contribution in [0.5, 0.6) is 0 Å². The average molecular weight is 176 g/mol. The van der Waals surface area contributed by atoms with Crippen LogP contribution in [0.2, 0.25) is 0 Å². The van der Waals surface area contributed by atoms with Gasteiger partial charge in [-0.3, -0.25) is 9.59 Å². The molecule has 0 saturated carbocycles. The van der Waals surface area contributed by atoms with Crippen molar-refractivity contribution in [1.29, 1.82) is 0 Å². The summed E-state index contributed by atoms with van der Waals surface area (Å²) in [6.07, 6.45) is 0.195. The van der Waals surface area contributed by atoms with E-state index in [4.69, 9.17) is 0 Å². The topological polar surface area (TPSA) is 48.2 Å². The highest BCUT2D eigenvalue weighted by molar-refractivity contribution is 5.94. The van der Waals surface area contributed by atoms with E-state index >= 15 is 0 Å². The first-order chi connectivity index (χ1) is 6.18. The lowest BCUT2D eigenvalue weighted by atomic mass is 10.1. The second-order valence-electron chi connectivity index (χ2n) is 2.69. The van der Waals surface area contributed by atoms with Crippen molar-refractivity contribution in [2.24, 2.45) is 0 Å². The summed E-state index contributed by atoms with van der Waals surface area (Å²) in [6, 6.07) is 9.21. The molecule has 0 saturated heterocycles. The Balaban J connectivity index is 2.50. The van der Waals surface area contributed by atoms with Crippen molar-refractivity contribution in [3.8, 4) is 0 Å². The Morgan fingerprint density at radius 3 is 2.38 bits per heavy atom. The van der Waals surface area contributed by atoms with Gasteiger partial charge in [0.25, 0.3) is 5.91 Å². The number of hydrogen-bond acceptors (Lipinski definition) is 2. The summed E-state index contributed by atoms with van der Waals surface area (Å²) in [7, 11) is 0. The minimum atomic E-state index is -0.444. The zero-order chi connectivity index (χ0) is 9.68. The Morgan fingerprint density at radius 2 is 1.85 bits per heavy atom. The highest BCUT2D eigenvalue weighted by atomic mass is 16.2. The SMILES string of the molecule is CC(=O)[N]C(=O)Cc1ccccc1. The molecule has 0 spiro atoms. The molecule has 1 radical (unpaired) electrons. The van der Waals surface area contributed by atoms with Crippen molar-refractivity contribution in [3.05, 3.63) is 35.9 Å². The van der Waals surface area contributed by atoms with Crippen molar-refractivity contribution in [2.75, 3.05) is 0 Å². The summed E-state index contributed by atoms with van der Waals surface area (Å²) in [5.74, 6) is -0.834. The van der Waals surface area contributed by atoms with Crippen molar-refractivity contribution >= 4 is 11.8 Å². The van der Waals surface area contributed by atoms with E-state index in [9.17, 15) is 9.59 Å². The number of benzene rings is 1. The first kappa shape index (κ1) is 9.45. The number of carbonyl (C=O) groups excluding carboxylic acids is 2. The Morgan fingerprint density at radius 1 is 1.23 bits per heavy atom. The molecular formula is C10H10NO2. The van der Waals surface area contributed by atoms with E-state index in [0.717, 1.165) is 5.56 Å². The Kier molecular flexibility index (Phi) is 3.20. The predicted octanol–water partition coefficient (Wildman–Crippen LogP) is 0.907. The molecule has 13 heavy (non-hydrogen) atoms. The fourth-order valence-corrected chi connectivity index (χ4v) is 0.986. The fraction of sp³-hybridized carbons (Fsp3) is 0.200. The lowest BCUT2D eigenvalue weighted by Gasteiger charge is -1.97. The minimum Gasteiger partial charge on any atom is -0.273 e. The maximum Gasteiger partial charge on any atom is 0.253 e. The number of rotatable bonds is 2. The summed E-state index contributed by atoms with van der Waals surface area (Å²) in [5, 5.41) is 3.29. The van der Waals surface area contributed by atoms with Crippen LogP contribution in [0.25, 0.3) is 0 Å². The van der Waals surface area contributed by atoms with Crippen LogP contribution < -0.4 is 5.32 Å². The van der Waals surface area contributed by atoms with Crippen LogP contribution in [0.3, 0.4) is 0 Å². The van der Waals surface area contributed by atoms with Crippen LogP contribution in [0.4, 0.5) is 0 Å². The van der Waals surface area contributed by atoms with Gasteiger partial charge in [0.1, 0.15) is 0 Å². The van der Waals surface area contributed by atoms with Crippen LogP contribution in [0.15, 0.2) is 30.3 Å². The number of carbonyl (C=O) groups is 2. The molecule has 0 aromatic heterocycles. The summed E-state index contributed by atoms with van der Waals surface area (Å²) in [5.41, 5.74) is 0.873. The van der Waals surface area contributed by atoms with Crippen molar-refractivity contribution < 1.29 is 9.59 Å². The first-order valence-electron chi connectivity index (χ1n) is 3.97. The molecule has 3 nitrogen and oxygen atoms in total. The third-order valence-electron chi connectivity index (χ3n) is 1.48. The molecule has 0 aliphatic rings. The molecule has 2 amide bonds. The van der Waals surface area contributed by atoms with Crippen LogP contribution >= 0.6 is 0 Å². The van der Waals surface area contributed by atoms with Gasteiger partial charge in [-0.05, 0) is 5.56 Å². The van der Waals surface area contributed by atoms with Crippen molar-refractivity contribution in [3.63, 3.8) is 0 Å². The Bertz CT molecular complexity index is 306. The monoisotopic (exact) mass is 176 g/mol. The number of amides is 2. The molecule has 0 fully saturated rings. The molecule has 0 aliphatic carbocycles. The molecule has 1 aromatic carbocycles. The van der Waals surface area contributed by atoms with Crippen LogP contribution in [-0.2, 0) is 16.0 Å². The highest BCUT2D eigenvalue weighted by Crippen LogP contribution is 1.99. The molecule has 1 aromatic rings. The van der Waals surface area contributed by atoms with Gasteiger partial charge in [0.2, 0.25) is 5.91 Å². The second kappa shape index (κ2) is 4.40. The third-order valence-corrected chi connectivity index (χ3v) is 1.48. The van der Waals surface area contributed by atoms with Gasteiger partial charge in [-0.2, -0.15) is 5.32 Å². The smallest absolute Gasteiger partial charge is 0.253 e. The third kappa shape index (κ3) is 3.51. The number of hydrogen-bond donors (Lipinski definition) is 0. The second-order valence-corrected chi connectivity index (χ2v) is 2.69. The summed E-state index contributed by atoms with van der Waals surface area (Å²) >= 11 is 0. The maximum absolute atomic E-state index is 11.0. The highest BCUT2D eigenvalue weighted by Gasteiger charge is 2.06. The molecule has 0 N–H and O–H groups in total. The maximum atomic E-state index is 11.0. The quantitative estimate of drug-likeness (QED) is 0.672. The molecular weight excluding hydrogens is 166 g/mol. The van der Waals surface area contributed by atoms with Gasteiger partial charge in [-0.1, -0.05) is 30.3 Å². The van der Waals surface area contributed by atoms with E-state index < -0.39 is 11.8 Å². The van der Waals surface area contributed by atoms with Gasteiger partial charge >= 0.3 is 0 Å². The summed E-state index contributed by atoms with van der Waals surface area (Å²) in [4.78, 5) is 21.5. The van der Waals surface area contributed by atoms with Gasteiger partial charge in [-0.25, -0.2) is 0 Å². The predicted molar refractivity (Wildman–Crippen MR) is 48.0 cm³/mol. The lowest BCUT2D eigenvalue weighted by molar-refractivity contribution is -0.129. The van der Waals surface area contributed by atoms with Crippen molar-refractivity contribution in [2.45, 2.75) is 13.3 Å². The Labute approximate surface area is 76.8 Å². The standard InChI is InChI=1S/C10H10NO2/c1-8(12)11-10(13)7-9-5-3-2-4-6-9/h2-6H,7H2,1H3. The van der Waals surface area contributed by atoms with Gasteiger partial charge < -0.3 is 0 Å². The van der Waals surface area contributed by atoms with E-state index in [1.54, 1.807) is 0 Å². The summed E-state index contributed by atoms with van der Waals surface area (Å²) < 4.78 is 0. The van der Waals surface area contributed by atoms with Gasteiger partial charge in [0.05, 0.1) is 6.42 Å². The zero-order valence-electron chi connectivity index (χ0n) is 7.36. The van der Waals surface area contributed by atoms with Crippen LogP contribution in [0.1, 0.15) is 12.5 Å². The number of imide groups is 1. The lowest BCUT2D eigenvalue weighted by Crippen LogP contribution is -2.21. The van der Waals surface area contributed by atoms with Crippen LogP contribution in [0, 0.1) is 0 Å². The fourth-order valence-electron chi connectivity index (χ4n) is 0.986. The zero-order valence-corrected chi connectivity index (χ0v) is 7.36. The molecule has 0 atom stereocenters. The molecule has 3 heteroatoms. The van der Waals surface area contributed by atoms with E-state index in [-0.39, 0.29) is 6.42 Å². The molecule has 1 rings (SSSR count). The first-order valence-corrected chi connectivity index (χ1v) is 3.97. The average Bonchev–Trinajstić information content (AvgIpc) is 2.04. The van der Waals surface area contributed by atoms with Gasteiger partial charge in [-0.15, -0.1) is 0 Å². The number of nitrogens with zero attached hydrogens (tertiary/aromatic N) is 1. The van der Waals surface area contributed by atoms with E-state index in [2.05, 4.69) is 5.32 Å². The molecule has 67 valence electrons. The molecule has 0 bridgehead atoms. The normalized spacial score (nSPS) is 9.31. The van der Waals surface area contributed by atoms with E-state index in [0.29, 0.717) is 0 Å². The van der Waals surface area contributed by atoms with Crippen molar-refractivity contribution in [1.82, 2.24) is 5.32 Å². The largest absolute Gasteiger partial charge is 0.273 e. The Hall–Kier alpha value is -1.64. The molecule has 0 aliphatic heterocycles. The van der Waals surface area contributed by atoms with Gasteiger partial charge in [0, 0.05) is 6.92 Å².